The Hall–Kier alpha value is -0.460. The summed E-state index contributed by atoms with van der Waals surface area (Å²) in [6.07, 6.45) is -4.34. The fourth-order valence-electron chi connectivity index (χ4n) is 1.35. The van der Waals surface area contributed by atoms with Crippen molar-refractivity contribution in [2.75, 3.05) is 4.90 Å². The summed E-state index contributed by atoms with van der Waals surface area (Å²) in [5.74, 6) is 0. The lowest BCUT2D eigenvalue weighted by Crippen LogP contribution is -2.43. The van der Waals surface area contributed by atoms with Crippen LogP contribution in [0, 0.1) is 3.57 Å². The van der Waals surface area contributed by atoms with Gasteiger partial charge in [-0.25, -0.2) is 0 Å². The summed E-state index contributed by atoms with van der Waals surface area (Å²) in [7, 11) is 0. The van der Waals surface area contributed by atoms with Gasteiger partial charge in [0.15, 0.2) is 0 Å². The zero-order valence-corrected chi connectivity index (χ0v) is 10.5. The van der Waals surface area contributed by atoms with E-state index in [0.717, 1.165) is 0 Å². The SMILES string of the molecule is CC(C)N(c1ccccc1I)C(F)(F)F. The summed E-state index contributed by atoms with van der Waals surface area (Å²) in [6.45, 7) is 3.05. The Morgan fingerprint density at radius 3 is 2.13 bits per heavy atom. The smallest absolute Gasteiger partial charge is 0.281 e. The summed E-state index contributed by atoms with van der Waals surface area (Å²) < 4.78 is 38.9. The number of rotatable bonds is 2. The molecule has 0 aliphatic heterocycles. The number of anilines is 1. The van der Waals surface area contributed by atoms with E-state index in [2.05, 4.69) is 0 Å². The Labute approximate surface area is 100 Å². The molecule has 0 unspecified atom stereocenters. The number of hydrogen-bond acceptors (Lipinski definition) is 1. The molecule has 1 aromatic carbocycles. The Bertz CT molecular complexity index is 336. The molecule has 0 amide bonds. The van der Waals surface area contributed by atoms with Crippen LogP contribution >= 0.6 is 22.6 Å². The molecule has 0 saturated carbocycles. The van der Waals surface area contributed by atoms with Gasteiger partial charge in [0.05, 0.1) is 5.69 Å². The van der Waals surface area contributed by atoms with Crippen molar-refractivity contribution >= 4 is 28.3 Å². The summed E-state index contributed by atoms with van der Waals surface area (Å²) in [5, 5.41) is 0. The first-order valence-corrected chi connectivity index (χ1v) is 5.52. The van der Waals surface area contributed by atoms with E-state index in [0.29, 0.717) is 8.47 Å². The standard InChI is InChI=1S/C10H11F3IN/c1-7(2)15(10(11,12)13)9-6-4-3-5-8(9)14/h3-7H,1-2H3. The normalized spacial score (nSPS) is 11.9. The van der Waals surface area contributed by atoms with Crippen LogP contribution in [0.3, 0.4) is 0 Å². The highest BCUT2D eigenvalue weighted by Crippen LogP contribution is 2.33. The van der Waals surface area contributed by atoms with Crippen LogP contribution in [0.15, 0.2) is 24.3 Å². The lowest BCUT2D eigenvalue weighted by atomic mass is 10.2. The van der Waals surface area contributed by atoms with Crippen molar-refractivity contribution in [3.8, 4) is 0 Å². The predicted octanol–water partition coefficient (Wildman–Crippen LogP) is 4.03. The summed E-state index contributed by atoms with van der Waals surface area (Å²) in [6, 6.07) is 5.87. The maximum atomic E-state index is 12.8. The molecular formula is C10H11F3IN. The minimum absolute atomic E-state index is 0.209. The van der Waals surface area contributed by atoms with Gasteiger partial charge in [-0.2, -0.15) is 13.2 Å². The van der Waals surface area contributed by atoms with Crippen molar-refractivity contribution in [2.45, 2.75) is 26.2 Å². The van der Waals surface area contributed by atoms with E-state index < -0.39 is 12.3 Å². The van der Waals surface area contributed by atoms with Gasteiger partial charge in [-0.1, -0.05) is 12.1 Å². The van der Waals surface area contributed by atoms with Crippen LogP contribution in [0.4, 0.5) is 18.9 Å². The van der Waals surface area contributed by atoms with Crippen molar-refractivity contribution in [3.05, 3.63) is 27.8 Å². The zero-order chi connectivity index (χ0) is 11.6. The van der Waals surface area contributed by atoms with Crippen LogP contribution in [0.2, 0.25) is 0 Å². The lowest BCUT2D eigenvalue weighted by molar-refractivity contribution is -0.133. The summed E-state index contributed by atoms with van der Waals surface area (Å²) in [5.41, 5.74) is 0.209. The molecule has 0 saturated heterocycles. The molecule has 0 bridgehead atoms. The minimum atomic E-state index is -4.34. The van der Waals surface area contributed by atoms with Crippen molar-refractivity contribution in [1.29, 1.82) is 0 Å². The molecule has 0 heterocycles. The molecule has 0 spiro atoms. The predicted molar refractivity (Wildman–Crippen MR) is 62.8 cm³/mol. The van der Waals surface area contributed by atoms with Gasteiger partial charge in [0.1, 0.15) is 0 Å². The van der Waals surface area contributed by atoms with Gasteiger partial charge in [0, 0.05) is 9.61 Å². The average Bonchev–Trinajstić information content (AvgIpc) is 2.05. The van der Waals surface area contributed by atoms with Gasteiger partial charge in [-0.3, -0.25) is 4.90 Å². The van der Waals surface area contributed by atoms with Crippen molar-refractivity contribution in [3.63, 3.8) is 0 Å². The Morgan fingerprint density at radius 1 is 1.20 bits per heavy atom. The monoisotopic (exact) mass is 329 g/mol. The summed E-state index contributed by atoms with van der Waals surface area (Å²) in [4.78, 5) is 0.467. The fraction of sp³-hybridized carbons (Fsp3) is 0.400. The Kier molecular flexibility index (Phi) is 3.86. The molecule has 1 aromatic rings. The topological polar surface area (TPSA) is 3.24 Å². The third kappa shape index (κ3) is 2.99. The van der Waals surface area contributed by atoms with E-state index in [1.165, 1.54) is 19.9 Å². The molecule has 84 valence electrons. The quantitative estimate of drug-likeness (QED) is 0.585. The molecule has 0 N–H and O–H groups in total. The van der Waals surface area contributed by atoms with Crippen LogP contribution in [-0.2, 0) is 0 Å². The molecule has 0 aliphatic carbocycles. The van der Waals surface area contributed by atoms with Gasteiger partial charge < -0.3 is 0 Å². The average molecular weight is 329 g/mol. The molecule has 0 aliphatic rings. The van der Waals surface area contributed by atoms with E-state index in [4.69, 9.17) is 0 Å². The van der Waals surface area contributed by atoms with Crippen LogP contribution in [-0.4, -0.2) is 12.3 Å². The second-order valence-corrected chi connectivity index (χ2v) is 4.55. The molecule has 0 atom stereocenters. The number of benzene rings is 1. The first-order valence-electron chi connectivity index (χ1n) is 4.44. The number of nitrogens with zero attached hydrogens (tertiary/aromatic N) is 1. The Morgan fingerprint density at radius 2 is 1.73 bits per heavy atom. The number of para-hydroxylation sites is 1. The third-order valence-electron chi connectivity index (χ3n) is 1.90. The minimum Gasteiger partial charge on any atom is -0.281 e. The maximum absolute atomic E-state index is 12.8. The van der Waals surface area contributed by atoms with E-state index in [9.17, 15) is 13.2 Å². The number of alkyl halides is 3. The molecular weight excluding hydrogens is 318 g/mol. The fourth-order valence-corrected chi connectivity index (χ4v) is 2.00. The van der Waals surface area contributed by atoms with Crippen LogP contribution in [0.5, 0.6) is 0 Å². The van der Waals surface area contributed by atoms with Crippen LogP contribution in [0.1, 0.15) is 13.8 Å². The van der Waals surface area contributed by atoms with Crippen LogP contribution < -0.4 is 4.90 Å². The van der Waals surface area contributed by atoms with E-state index >= 15 is 0 Å². The first kappa shape index (κ1) is 12.6. The molecule has 0 radical (unpaired) electrons. The van der Waals surface area contributed by atoms with Crippen molar-refractivity contribution in [1.82, 2.24) is 0 Å². The zero-order valence-electron chi connectivity index (χ0n) is 8.35. The molecule has 0 aromatic heterocycles. The van der Waals surface area contributed by atoms with Crippen LogP contribution in [0.25, 0.3) is 0 Å². The van der Waals surface area contributed by atoms with Gasteiger partial charge >= 0.3 is 6.30 Å². The second kappa shape index (κ2) is 4.59. The van der Waals surface area contributed by atoms with Crippen molar-refractivity contribution in [2.24, 2.45) is 0 Å². The molecule has 1 nitrogen and oxygen atoms in total. The molecule has 15 heavy (non-hydrogen) atoms. The highest BCUT2D eigenvalue weighted by molar-refractivity contribution is 14.1. The van der Waals surface area contributed by atoms with E-state index in [1.807, 2.05) is 22.6 Å². The van der Waals surface area contributed by atoms with Gasteiger partial charge in [0.25, 0.3) is 0 Å². The van der Waals surface area contributed by atoms with Crippen molar-refractivity contribution < 1.29 is 13.2 Å². The highest BCUT2D eigenvalue weighted by atomic mass is 127. The lowest BCUT2D eigenvalue weighted by Gasteiger charge is -2.31. The first-order chi connectivity index (χ1) is 6.84. The van der Waals surface area contributed by atoms with E-state index in [-0.39, 0.29) is 5.69 Å². The van der Waals surface area contributed by atoms with Gasteiger partial charge in [-0.15, -0.1) is 0 Å². The number of hydrogen-bond donors (Lipinski definition) is 0. The molecule has 1 rings (SSSR count). The largest absolute Gasteiger partial charge is 0.485 e. The van der Waals surface area contributed by atoms with Gasteiger partial charge in [0.2, 0.25) is 0 Å². The van der Waals surface area contributed by atoms with Gasteiger partial charge in [-0.05, 0) is 48.6 Å². The Balaban J connectivity index is 3.17. The maximum Gasteiger partial charge on any atom is 0.485 e. The second-order valence-electron chi connectivity index (χ2n) is 3.38. The summed E-state index contributed by atoms with van der Waals surface area (Å²) >= 11 is 1.91. The molecule has 0 fully saturated rings. The molecule has 5 heteroatoms. The van der Waals surface area contributed by atoms with E-state index in [1.54, 1.807) is 18.2 Å². The third-order valence-corrected chi connectivity index (χ3v) is 2.81. The number of halogens is 4. The highest BCUT2D eigenvalue weighted by Gasteiger charge is 2.39.